The highest BCUT2D eigenvalue weighted by molar-refractivity contribution is 7.13. The fourth-order valence-electron chi connectivity index (χ4n) is 2.48. The average molecular weight is 384 g/mol. The van der Waals surface area contributed by atoms with Crippen molar-refractivity contribution in [3.63, 3.8) is 0 Å². The third kappa shape index (κ3) is 4.83. The van der Waals surface area contributed by atoms with Crippen LogP contribution in [0, 0.1) is 0 Å². The maximum Gasteiger partial charge on any atom is 0.358 e. The summed E-state index contributed by atoms with van der Waals surface area (Å²) in [7, 11) is 0. The van der Waals surface area contributed by atoms with Crippen molar-refractivity contribution in [3.05, 3.63) is 65.1 Å². The Balaban J connectivity index is 1.53. The first-order valence-corrected chi connectivity index (χ1v) is 9.49. The van der Waals surface area contributed by atoms with E-state index in [1.807, 2.05) is 24.3 Å². The standard InChI is InChI=1S/C20H20N2O4S/c1-3-14-6-8-15(9-7-14)19-22-16(12-27-19)20(24)26-11-18(23)21-13(2)17-5-4-10-25-17/h4-10,12-13H,3,11H2,1-2H3,(H,21,23)/t13-/m0/s1. The highest BCUT2D eigenvalue weighted by atomic mass is 32.1. The lowest BCUT2D eigenvalue weighted by Gasteiger charge is -2.11. The average Bonchev–Trinajstić information content (AvgIpc) is 3.38. The lowest BCUT2D eigenvalue weighted by molar-refractivity contribution is -0.125. The summed E-state index contributed by atoms with van der Waals surface area (Å²) < 4.78 is 10.3. The normalized spacial score (nSPS) is 11.8. The summed E-state index contributed by atoms with van der Waals surface area (Å²) in [6, 6.07) is 11.3. The van der Waals surface area contributed by atoms with Gasteiger partial charge in [0, 0.05) is 10.9 Å². The van der Waals surface area contributed by atoms with Crippen molar-refractivity contribution >= 4 is 23.2 Å². The van der Waals surface area contributed by atoms with Crippen LogP contribution in [-0.2, 0) is 16.0 Å². The number of carbonyl (C=O) groups is 2. The van der Waals surface area contributed by atoms with Crippen molar-refractivity contribution in [1.29, 1.82) is 0 Å². The first-order chi connectivity index (χ1) is 13.1. The smallest absolute Gasteiger partial charge is 0.358 e. The molecule has 0 saturated carbocycles. The van der Waals surface area contributed by atoms with Crippen molar-refractivity contribution < 1.29 is 18.7 Å². The van der Waals surface area contributed by atoms with E-state index in [4.69, 9.17) is 9.15 Å². The van der Waals surface area contributed by atoms with Crippen LogP contribution in [0.1, 0.15) is 41.7 Å². The minimum Gasteiger partial charge on any atom is -0.467 e. The van der Waals surface area contributed by atoms with Gasteiger partial charge in [-0.1, -0.05) is 31.2 Å². The monoisotopic (exact) mass is 384 g/mol. The zero-order chi connectivity index (χ0) is 19.2. The molecular formula is C20H20N2O4S. The number of aryl methyl sites for hydroxylation is 1. The van der Waals surface area contributed by atoms with Crippen LogP contribution in [0.15, 0.2) is 52.5 Å². The minimum absolute atomic E-state index is 0.196. The van der Waals surface area contributed by atoms with Crippen molar-refractivity contribution in [2.75, 3.05) is 6.61 Å². The molecule has 140 valence electrons. The number of carbonyl (C=O) groups excluding carboxylic acids is 2. The first-order valence-electron chi connectivity index (χ1n) is 8.61. The SMILES string of the molecule is CCc1ccc(-c2nc(C(=O)OCC(=O)N[C@@H](C)c3ccco3)cs2)cc1. The van der Waals surface area contributed by atoms with E-state index in [2.05, 4.69) is 17.2 Å². The summed E-state index contributed by atoms with van der Waals surface area (Å²) in [5.74, 6) is -0.394. The maximum absolute atomic E-state index is 12.1. The van der Waals surface area contributed by atoms with E-state index < -0.39 is 11.9 Å². The van der Waals surface area contributed by atoms with Crippen LogP contribution in [0.2, 0.25) is 0 Å². The number of aromatic nitrogens is 1. The largest absolute Gasteiger partial charge is 0.467 e. The van der Waals surface area contributed by atoms with Gasteiger partial charge in [0.05, 0.1) is 12.3 Å². The van der Waals surface area contributed by atoms with Gasteiger partial charge in [-0.15, -0.1) is 11.3 Å². The maximum atomic E-state index is 12.1. The van der Waals surface area contributed by atoms with Gasteiger partial charge in [-0.25, -0.2) is 9.78 Å². The number of nitrogens with one attached hydrogen (secondary N) is 1. The predicted molar refractivity (Wildman–Crippen MR) is 102 cm³/mol. The van der Waals surface area contributed by atoms with Crippen LogP contribution in [0.3, 0.4) is 0 Å². The molecule has 0 aliphatic rings. The van der Waals surface area contributed by atoms with E-state index in [0.717, 1.165) is 17.0 Å². The summed E-state index contributed by atoms with van der Waals surface area (Å²) in [4.78, 5) is 28.4. The number of ether oxygens (including phenoxy) is 1. The Morgan fingerprint density at radius 2 is 2.04 bits per heavy atom. The number of nitrogens with zero attached hydrogens (tertiary/aromatic N) is 1. The molecule has 2 aromatic heterocycles. The van der Waals surface area contributed by atoms with Crippen LogP contribution >= 0.6 is 11.3 Å². The second-order valence-corrected chi connectivity index (χ2v) is 6.83. The molecule has 3 aromatic rings. The van der Waals surface area contributed by atoms with Gasteiger partial charge in [-0.3, -0.25) is 4.79 Å². The minimum atomic E-state index is -0.622. The number of amides is 1. The fourth-order valence-corrected chi connectivity index (χ4v) is 3.28. The van der Waals surface area contributed by atoms with Gasteiger partial charge in [-0.2, -0.15) is 0 Å². The predicted octanol–water partition coefficient (Wildman–Crippen LogP) is 4.00. The van der Waals surface area contributed by atoms with Crippen LogP contribution in [0.4, 0.5) is 0 Å². The van der Waals surface area contributed by atoms with Gasteiger partial charge in [-0.05, 0) is 31.0 Å². The molecule has 3 rings (SSSR count). The molecular weight excluding hydrogens is 364 g/mol. The Kier molecular flexibility index (Phi) is 6.03. The molecule has 0 aliphatic carbocycles. The molecule has 0 bridgehead atoms. The lowest BCUT2D eigenvalue weighted by atomic mass is 10.1. The van der Waals surface area contributed by atoms with E-state index in [-0.39, 0.29) is 18.3 Å². The van der Waals surface area contributed by atoms with Gasteiger partial charge >= 0.3 is 5.97 Å². The summed E-state index contributed by atoms with van der Waals surface area (Å²) in [5.41, 5.74) is 2.38. The van der Waals surface area contributed by atoms with Crippen molar-refractivity contribution in [2.45, 2.75) is 26.3 Å². The van der Waals surface area contributed by atoms with Crippen molar-refractivity contribution in [2.24, 2.45) is 0 Å². The summed E-state index contributed by atoms with van der Waals surface area (Å²) in [5, 5.41) is 5.07. The molecule has 0 aliphatic heterocycles. The first kappa shape index (κ1) is 18.8. The van der Waals surface area contributed by atoms with Gasteiger partial charge in [0.25, 0.3) is 5.91 Å². The Morgan fingerprint density at radius 1 is 1.26 bits per heavy atom. The van der Waals surface area contributed by atoms with Crippen molar-refractivity contribution in [1.82, 2.24) is 10.3 Å². The van der Waals surface area contributed by atoms with E-state index in [0.29, 0.717) is 5.76 Å². The summed E-state index contributed by atoms with van der Waals surface area (Å²) in [6.45, 7) is 3.51. The van der Waals surface area contributed by atoms with Crippen LogP contribution < -0.4 is 5.32 Å². The molecule has 0 radical (unpaired) electrons. The third-order valence-corrected chi connectivity index (χ3v) is 4.90. The van der Waals surface area contributed by atoms with Crippen LogP contribution in [0.25, 0.3) is 10.6 Å². The number of hydrogen-bond donors (Lipinski definition) is 1. The highest BCUT2D eigenvalue weighted by Gasteiger charge is 2.17. The molecule has 7 heteroatoms. The van der Waals surface area contributed by atoms with E-state index >= 15 is 0 Å². The van der Waals surface area contributed by atoms with Crippen LogP contribution in [-0.4, -0.2) is 23.5 Å². The molecule has 0 unspecified atom stereocenters. The Bertz CT molecular complexity index is 900. The topological polar surface area (TPSA) is 81.4 Å². The second kappa shape index (κ2) is 8.64. The van der Waals surface area contributed by atoms with Crippen molar-refractivity contribution in [3.8, 4) is 10.6 Å². The summed E-state index contributed by atoms with van der Waals surface area (Å²) >= 11 is 1.36. The number of furan rings is 1. The molecule has 1 N–H and O–H groups in total. The molecule has 2 heterocycles. The van der Waals surface area contributed by atoms with Gasteiger partial charge < -0.3 is 14.5 Å². The highest BCUT2D eigenvalue weighted by Crippen LogP contribution is 2.24. The summed E-state index contributed by atoms with van der Waals surface area (Å²) in [6.07, 6.45) is 2.50. The Hall–Kier alpha value is -2.93. The fraction of sp³-hybridized carbons (Fsp3) is 0.250. The van der Waals surface area contributed by atoms with Crippen LogP contribution in [0.5, 0.6) is 0 Å². The lowest BCUT2D eigenvalue weighted by Crippen LogP contribution is -2.31. The zero-order valence-corrected chi connectivity index (χ0v) is 15.9. The molecule has 1 atom stereocenters. The Morgan fingerprint density at radius 3 is 2.70 bits per heavy atom. The van der Waals surface area contributed by atoms with E-state index in [9.17, 15) is 9.59 Å². The van der Waals surface area contributed by atoms with E-state index in [1.54, 1.807) is 24.4 Å². The molecule has 0 spiro atoms. The number of rotatable bonds is 7. The number of benzene rings is 1. The molecule has 1 amide bonds. The molecule has 27 heavy (non-hydrogen) atoms. The van der Waals surface area contributed by atoms with Gasteiger partial charge in [0.1, 0.15) is 10.8 Å². The van der Waals surface area contributed by atoms with Gasteiger partial charge in [0.15, 0.2) is 12.3 Å². The molecule has 0 fully saturated rings. The molecule has 6 nitrogen and oxygen atoms in total. The van der Waals surface area contributed by atoms with E-state index in [1.165, 1.54) is 23.2 Å². The number of thiazole rings is 1. The third-order valence-electron chi connectivity index (χ3n) is 4.00. The second-order valence-electron chi connectivity index (χ2n) is 5.97. The molecule has 0 saturated heterocycles. The number of esters is 1. The molecule has 1 aromatic carbocycles. The quantitative estimate of drug-likeness (QED) is 0.623. The van der Waals surface area contributed by atoms with Gasteiger partial charge in [0.2, 0.25) is 0 Å². The zero-order valence-electron chi connectivity index (χ0n) is 15.1. The number of hydrogen-bond acceptors (Lipinski definition) is 6. The Labute approximate surface area is 161 Å².